The van der Waals surface area contributed by atoms with E-state index in [0.29, 0.717) is 3.92 Å². The van der Waals surface area contributed by atoms with E-state index in [1.54, 1.807) is 31.2 Å². The summed E-state index contributed by atoms with van der Waals surface area (Å²) in [5.74, 6) is -0.132. The van der Waals surface area contributed by atoms with E-state index in [1.165, 1.54) is 12.2 Å². The van der Waals surface area contributed by atoms with Crippen LogP contribution in [0.1, 0.15) is 59.3 Å². The molecule has 5 nitrogen and oxygen atoms in total. The number of aliphatic hydroxyl groups is 3. The van der Waals surface area contributed by atoms with Gasteiger partial charge in [-0.15, -0.1) is 0 Å². The molecular weight excluding hydrogens is 529 g/mol. The molecule has 1 heterocycles. The van der Waals surface area contributed by atoms with Crippen LogP contribution >= 0.6 is 22.6 Å². The molecule has 0 aliphatic carbocycles. The SMILES string of the molecule is CCC/C=C/CC1CC(I)C/C=C(C)/C=C/C(O)CC(O)C(O)\C=C(C)/C=C/C=C/C(=O)N1. The zero-order valence-electron chi connectivity index (χ0n) is 20.0. The van der Waals surface area contributed by atoms with Crippen LogP contribution in [-0.2, 0) is 4.79 Å². The monoisotopic (exact) mass is 569 g/mol. The molecular formula is C27H40INO4. The normalized spacial score (nSPS) is 35.0. The maximum atomic E-state index is 12.4. The quantitative estimate of drug-likeness (QED) is 0.222. The molecule has 0 spiro atoms. The fourth-order valence-electron chi connectivity index (χ4n) is 3.31. The molecule has 1 rings (SSSR count). The van der Waals surface area contributed by atoms with Crippen LogP contribution in [0.25, 0.3) is 0 Å². The van der Waals surface area contributed by atoms with E-state index in [2.05, 4.69) is 53.1 Å². The van der Waals surface area contributed by atoms with Gasteiger partial charge < -0.3 is 20.6 Å². The third-order valence-corrected chi connectivity index (χ3v) is 6.25. The summed E-state index contributed by atoms with van der Waals surface area (Å²) in [6.45, 7) is 5.92. The van der Waals surface area contributed by atoms with Crippen molar-refractivity contribution in [3.63, 3.8) is 0 Å². The van der Waals surface area contributed by atoms with Gasteiger partial charge in [0.15, 0.2) is 0 Å². The van der Waals surface area contributed by atoms with Crippen molar-refractivity contribution in [1.82, 2.24) is 5.32 Å². The van der Waals surface area contributed by atoms with Crippen molar-refractivity contribution in [2.75, 3.05) is 0 Å². The van der Waals surface area contributed by atoms with E-state index in [4.69, 9.17) is 0 Å². The summed E-state index contributed by atoms with van der Waals surface area (Å²) in [6.07, 6.45) is 19.8. The Balaban J connectivity index is 3.04. The topological polar surface area (TPSA) is 89.8 Å². The predicted octanol–water partition coefficient (Wildman–Crippen LogP) is 4.85. The van der Waals surface area contributed by atoms with E-state index < -0.39 is 18.3 Å². The first-order valence-corrected chi connectivity index (χ1v) is 13.0. The summed E-state index contributed by atoms with van der Waals surface area (Å²) in [5, 5.41) is 33.7. The van der Waals surface area contributed by atoms with Crippen LogP contribution in [0.4, 0.5) is 0 Å². The van der Waals surface area contributed by atoms with Crippen molar-refractivity contribution in [2.24, 2.45) is 0 Å². The third-order valence-electron chi connectivity index (χ3n) is 5.23. The molecule has 0 radical (unpaired) electrons. The van der Waals surface area contributed by atoms with Gasteiger partial charge in [-0.2, -0.15) is 0 Å². The van der Waals surface area contributed by atoms with Crippen molar-refractivity contribution >= 4 is 28.5 Å². The van der Waals surface area contributed by atoms with Crippen LogP contribution in [0.3, 0.4) is 0 Å². The largest absolute Gasteiger partial charge is 0.390 e. The zero-order valence-corrected chi connectivity index (χ0v) is 22.2. The second-order valence-electron chi connectivity index (χ2n) is 8.57. The number of allylic oxidation sites excluding steroid dienone is 8. The number of alkyl halides is 1. The fraction of sp³-hybridized carbons (Fsp3) is 0.519. The van der Waals surface area contributed by atoms with E-state index >= 15 is 0 Å². The number of carbonyl (C=O) groups is 1. The summed E-state index contributed by atoms with van der Waals surface area (Å²) >= 11 is 2.43. The maximum absolute atomic E-state index is 12.4. The molecule has 6 heteroatoms. The van der Waals surface area contributed by atoms with Crippen molar-refractivity contribution in [2.45, 2.75) is 87.6 Å². The molecule has 0 fully saturated rings. The van der Waals surface area contributed by atoms with E-state index in [9.17, 15) is 20.1 Å². The Kier molecular flexibility index (Phi) is 15.2. The van der Waals surface area contributed by atoms with Gasteiger partial charge in [-0.3, -0.25) is 4.79 Å². The number of nitrogens with one attached hydrogen (secondary N) is 1. The lowest BCUT2D eigenvalue weighted by Gasteiger charge is -2.19. The molecule has 1 aliphatic heterocycles. The second-order valence-corrected chi connectivity index (χ2v) is 10.3. The smallest absolute Gasteiger partial charge is 0.244 e. The van der Waals surface area contributed by atoms with Crippen molar-refractivity contribution in [3.05, 3.63) is 71.9 Å². The van der Waals surface area contributed by atoms with Gasteiger partial charge in [0.05, 0.1) is 18.3 Å². The highest BCUT2D eigenvalue weighted by molar-refractivity contribution is 14.1. The van der Waals surface area contributed by atoms with Gasteiger partial charge in [0.2, 0.25) is 5.91 Å². The van der Waals surface area contributed by atoms with E-state index in [-0.39, 0.29) is 18.4 Å². The van der Waals surface area contributed by atoms with Gasteiger partial charge in [-0.1, -0.05) is 102 Å². The molecule has 0 aromatic rings. The number of aliphatic hydroxyl groups excluding tert-OH is 3. The number of carbonyl (C=O) groups excluding carboxylic acids is 1. The average Bonchev–Trinajstić information content (AvgIpc) is 2.76. The summed E-state index contributed by atoms with van der Waals surface area (Å²) in [7, 11) is 0. The Hall–Kier alpha value is -1.48. The molecule has 184 valence electrons. The molecule has 33 heavy (non-hydrogen) atoms. The standard InChI is InChI=1S/C27H40INO4/c1-4-5-6-7-11-23-18-22(28)15-13-20(2)14-16-24(30)19-26(32)25(31)17-21(3)10-8-9-12-27(33)29-23/h6-10,12-14,16-17,22-26,30-32H,4-5,11,15,18-19H2,1-3H3,(H,29,33)/b7-6+,10-8+,12-9+,16-14+,20-13+,21-17-. The van der Waals surface area contributed by atoms with Gasteiger partial charge in [0, 0.05) is 22.5 Å². The van der Waals surface area contributed by atoms with Crippen LogP contribution in [0.2, 0.25) is 0 Å². The summed E-state index contributed by atoms with van der Waals surface area (Å²) in [5.41, 5.74) is 1.77. The highest BCUT2D eigenvalue weighted by Gasteiger charge is 2.17. The van der Waals surface area contributed by atoms with Crippen molar-refractivity contribution in [1.29, 1.82) is 0 Å². The van der Waals surface area contributed by atoms with Crippen LogP contribution < -0.4 is 5.32 Å². The number of rotatable bonds is 4. The minimum absolute atomic E-state index is 0.0423. The fourth-order valence-corrected chi connectivity index (χ4v) is 4.18. The first-order chi connectivity index (χ1) is 15.7. The minimum Gasteiger partial charge on any atom is -0.390 e. The number of halogens is 1. The Bertz CT molecular complexity index is 766. The molecule has 0 aromatic carbocycles. The van der Waals surface area contributed by atoms with Gasteiger partial charge >= 0.3 is 0 Å². The van der Waals surface area contributed by atoms with Crippen LogP contribution in [0.15, 0.2) is 71.9 Å². The van der Waals surface area contributed by atoms with Crippen molar-refractivity contribution in [3.8, 4) is 0 Å². The predicted molar refractivity (Wildman–Crippen MR) is 145 cm³/mol. The Morgan fingerprint density at radius 1 is 1.06 bits per heavy atom. The Morgan fingerprint density at radius 2 is 1.79 bits per heavy atom. The summed E-state index contributed by atoms with van der Waals surface area (Å²) in [4.78, 5) is 12.4. The molecule has 0 aromatic heterocycles. The Labute approximate surface area is 212 Å². The first kappa shape index (κ1) is 29.6. The summed E-state index contributed by atoms with van der Waals surface area (Å²) in [6, 6.07) is 0.0519. The molecule has 1 aliphatic rings. The van der Waals surface area contributed by atoms with Crippen LogP contribution in [0.5, 0.6) is 0 Å². The molecule has 5 atom stereocenters. The molecule has 0 saturated carbocycles. The lowest BCUT2D eigenvalue weighted by molar-refractivity contribution is -0.117. The van der Waals surface area contributed by atoms with Crippen LogP contribution in [0, 0.1) is 0 Å². The second kappa shape index (κ2) is 17.0. The molecule has 0 saturated heterocycles. The number of amides is 1. The average molecular weight is 570 g/mol. The van der Waals surface area contributed by atoms with Gasteiger partial charge in [0.1, 0.15) is 0 Å². The van der Waals surface area contributed by atoms with E-state index in [0.717, 1.165) is 43.3 Å². The molecule has 0 bridgehead atoms. The number of hydrogen-bond donors (Lipinski definition) is 4. The highest BCUT2D eigenvalue weighted by atomic mass is 127. The molecule has 4 N–H and O–H groups in total. The summed E-state index contributed by atoms with van der Waals surface area (Å²) < 4.78 is 0.347. The highest BCUT2D eigenvalue weighted by Crippen LogP contribution is 2.18. The third kappa shape index (κ3) is 14.4. The van der Waals surface area contributed by atoms with Gasteiger partial charge in [0.25, 0.3) is 0 Å². The van der Waals surface area contributed by atoms with Crippen LogP contribution in [-0.4, -0.2) is 49.5 Å². The number of unbranched alkanes of at least 4 members (excludes halogenated alkanes) is 1. The first-order valence-electron chi connectivity index (χ1n) is 11.7. The molecule has 5 unspecified atom stereocenters. The van der Waals surface area contributed by atoms with Crippen molar-refractivity contribution < 1.29 is 20.1 Å². The minimum atomic E-state index is -1.09. The van der Waals surface area contributed by atoms with Gasteiger partial charge in [-0.25, -0.2) is 0 Å². The maximum Gasteiger partial charge on any atom is 0.244 e. The van der Waals surface area contributed by atoms with E-state index in [1.807, 2.05) is 13.0 Å². The number of hydrogen-bond acceptors (Lipinski definition) is 4. The molecule has 1 amide bonds. The lowest BCUT2D eigenvalue weighted by atomic mass is 10.0. The van der Waals surface area contributed by atoms with Gasteiger partial charge in [-0.05, 0) is 39.5 Å². The zero-order chi connectivity index (χ0) is 24.6. The lowest BCUT2D eigenvalue weighted by Crippen LogP contribution is -2.35. The Morgan fingerprint density at radius 3 is 2.52 bits per heavy atom.